The standard InChI is InChI=1S/C15H10ClF3N2O3/c16-11-3-1-8(5-10(11)15(17,18)19)20-14(22)21-9-2-4-12-13(6-9)24-7-23-12/h1-6H,7H2,(H2,20,21,22). The average molecular weight is 359 g/mol. The van der Waals surface area contributed by atoms with Gasteiger partial charge in [-0.15, -0.1) is 0 Å². The molecule has 5 nitrogen and oxygen atoms in total. The van der Waals surface area contributed by atoms with Crippen molar-refractivity contribution in [1.82, 2.24) is 0 Å². The van der Waals surface area contributed by atoms with Crippen LogP contribution in [0.25, 0.3) is 0 Å². The number of ether oxygens (including phenoxy) is 2. The first-order valence-corrected chi connectivity index (χ1v) is 7.05. The van der Waals surface area contributed by atoms with Crippen LogP contribution >= 0.6 is 11.6 Å². The number of rotatable bonds is 2. The molecular weight excluding hydrogens is 349 g/mol. The number of anilines is 2. The largest absolute Gasteiger partial charge is 0.454 e. The van der Waals surface area contributed by atoms with Crippen LogP contribution < -0.4 is 20.1 Å². The van der Waals surface area contributed by atoms with Crippen molar-refractivity contribution in [2.45, 2.75) is 6.18 Å². The Morgan fingerprint density at radius 2 is 1.62 bits per heavy atom. The third-order valence-corrected chi connectivity index (χ3v) is 3.49. The highest BCUT2D eigenvalue weighted by Crippen LogP contribution is 2.36. The van der Waals surface area contributed by atoms with Gasteiger partial charge in [-0.2, -0.15) is 13.2 Å². The fraction of sp³-hybridized carbons (Fsp3) is 0.133. The molecule has 0 saturated heterocycles. The molecule has 126 valence electrons. The van der Waals surface area contributed by atoms with Crippen LogP contribution in [-0.2, 0) is 6.18 Å². The van der Waals surface area contributed by atoms with E-state index < -0.39 is 22.8 Å². The molecular formula is C15H10ClF3N2O3. The van der Waals surface area contributed by atoms with Gasteiger partial charge in [0, 0.05) is 17.4 Å². The zero-order valence-electron chi connectivity index (χ0n) is 11.9. The van der Waals surface area contributed by atoms with E-state index in [1.54, 1.807) is 18.2 Å². The summed E-state index contributed by atoms with van der Waals surface area (Å²) in [5, 5.41) is 4.37. The molecule has 2 aromatic rings. The van der Waals surface area contributed by atoms with Crippen LogP contribution in [0.1, 0.15) is 5.56 Å². The van der Waals surface area contributed by atoms with Gasteiger partial charge in [0.25, 0.3) is 0 Å². The lowest BCUT2D eigenvalue weighted by molar-refractivity contribution is -0.137. The maximum atomic E-state index is 12.8. The number of hydrogen-bond donors (Lipinski definition) is 2. The number of amides is 2. The first kappa shape index (κ1) is 16.3. The van der Waals surface area contributed by atoms with E-state index in [1.807, 2.05) is 0 Å². The quantitative estimate of drug-likeness (QED) is 0.815. The fourth-order valence-corrected chi connectivity index (χ4v) is 2.31. The van der Waals surface area contributed by atoms with E-state index >= 15 is 0 Å². The molecule has 0 radical (unpaired) electrons. The normalized spacial score (nSPS) is 12.8. The predicted molar refractivity (Wildman–Crippen MR) is 81.7 cm³/mol. The number of benzene rings is 2. The Hall–Kier alpha value is -2.61. The molecule has 1 aliphatic rings. The Bertz CT molecular complexity index is 796. The lowest BCUT2D eigenvalue weighted by atomic mass is 10.2. The molecule has 0 spiro atoms. The third kappa shape index (κ3) is 3.48. The SMILES string of the molecule is O=C(Nc1ccc2c(c1)OCO2)Nc1ccc(Cl)c(C(F)(F)F)c1. The Kier molecular flexibility index (Phi) is 4.15. The van der Waals surface area contributed by atoms with Crippen molar-refractivity contribution < 1.29 is 27.4 Å². The van der Waals surface area contributed by atoms with Crippen molar-refractivity contribution in [2.24, 2.45) is 0 Å². The van der Waals surface area contributed by atoms with Crippen molar-refractivity contribution >= 4 is 29.0 Å². The molecule has 0 aliphatic carbocycles. The minimum Gasteiger partial charge on any atom is -0.454 e. The van der Waals surface area contributed by atoms with Gasteiger partial charge in [0.15, 0.2) is 11.5 Å². The second-order valence-corrected chi connectivity index (χ2v) is 5.25. The summed E-state index contributed by atoms with van der Waals surface area (Å²) in [6, 6.07) is 7.14. The monoisotopic (exact) mass is 358 g/mol. The number of carbonyl (C=O) groups is 1. The van der Waals surface area contributed by atoms with Gasteiger partial charge in [-0.1, -0.05) is 11.6 Å². The van der Waals surface area contributed by atoms with Gasteiger partial charge in [-0.05, 0) is 30.3 Å². The van der Waals surface area contributed by atoms with Crippen molar-refractivity contribution in [2.75, 3.05) is 17.4 Å². The molecule has 0 fully saturated rings. The summed E-state index contributed by atoms with van der Waals surface area (Å²) in [4.78, 5) is 11.9. The maximum absolute atomic E-state index is 12.8. The van der Waals surface area contributed by atoms with Crippen LogP contribution in [0.5, 0.6) is 11.5 Å². The number of urea groups is 1. The van der Waals surface area contributed by atoms with E-state index in [4.69, 9.17) is 21.1 Å². The number of hydrogen-bond acceptors (Lipinski definition) is 3. The zero-order valence-corrected chi connectivity index (χ0v) is 12.7. The highest BCUT2D eigenvalue weighted by atomic mass is 35.5. The van der Waals surface area contributed by atoms with Crippen molar-refractivity contribution in [3.63, 3.8) is 0 Å². The number of nitrogens with one attached hydrogen (secondary N) is 2. The van der Waals surface area contributed by atoms with Gasteiger partial charge in [0.1, 0.15) is 0 Å². The van der Waals surface area contributed by atoms with Crippen LogP contribution in [-0.4, -0.2) is 12.8 Å². The van der Waals surface area contributed by atoms with Gasteiger partial charge in [-0.25, -0.2) is 4.79 Å². The molecule has 0 aromatic heterocycles. The van der Waals surface area contributed by atoms with Gasteiger partial charge in [0.05, 0.1) is 10.6 Å². The maximum Gasteiger partial charge on any atom is 0.417 e. The molecule has 24 heavy (non-hydrogen) atoms. The molecule has 1 heterocycles. The van der Waals surface area contributed by atoms with Gasteiger partial charge >= 0.3 is 12.2 Å². The summed E-state index contributed by atoms with van der Waals surface area (Å²) in [7, 11) is 0. The Morgan fingerprint density at radius 1 is 1.00 bits per heavy atom. The lowest BCUT2D eigenvalue weighted by Gasteiger charge is -2.12. The second kappa shape index (κ2) is 6.12. The summed E-state index contributed by atoms with van der Waals surface area (Å²) in [6.07, 6.45) is -4.61. The zero-order chi connectivity index (χ0) is 17.3. The molecule has 0 bridgehead atoms. The van der Waals surface area contributed by atoms with Gasteiger partial charge < -0.3 is 20.1 Å². The van der Waals surface area contributed by atoms with Crippen LogP contribution in [0.4, 0.5) is 29.3 Å². The Balaban J connectivity index is 1.71. The second-order valence-electron chi connectivity index (χ2n) is 4.84. The molecule has 0 unspecified atom stereocenters. The van der Waals surface area contributed by atoms with E-state index in [9.17, 15) is 18.0 Å². The predicted octanol–water partition coefficient (Wildman–Crippen LogP) is 4.73. The van der Waals surface area contributed by atoms with Crippen LogP contribution in [0, 0.1) is 0 Å². The highest BCUT2D eigenvalue weighted by molar-refractivity contribution is 6.31. The van der Waals surface area contributed by atoms with E-state index in [-0.39, 0.29) is 12.5 Å². The summed E-state index contributed by atoms with van der Waals surface area (Å²) in [5.41, 5.74) is -0.656. The number of carbonyl (C=O) groups excluding carboxylic acids is 1. The van der Waals surface area contributed by atoms with Gasteiger partial charge in [0.2, 0.25) is 6.79 Å². The minimum absolute atomic E-state index is 0.0371. The molecule has 3 rings (SSSR count). The molecule has 0 saturated carbocycles. The van der Waals surface area contributed by atoms with E-state index in [0.29, 0.717) is 17.2 Å². The highest BCUT2D eigenvalue weighted by Gasteiger charge is 2.33. The average Bonchev–Trinajstić information content (AvgIpc) is 2.95. The molecule has 2 aromatic carbocycles. The molecule has 1 aliphatic heterocycles. The molecule has 2 N–H and O–H groups in total. The number of halogens is 4. The molecule has 0 atom stereocenters. The van der Waals surface area contributed by atoms with Crippen LogP contribution in [0.2, 0.25) is 5.02 Å². The minimum atomic E-state index is -4.61. The van der Waals surface area contributed by atoms with Gasteiger partial charge in [-0.3, -0.25) is 0 Å². The van der Waals surface area contributed by atoms with Crippen molar-refractivity contribution in [3.05, 3.63) is 47.0 Å². The van der Waals surface area contributed by atoms with E-state index in [2.05, 4.69) is 10.6 Å². The topological polar surface area (TPSA) is 59.6 Å². The Morgan fingerprint density at radius 3 is 2.33 bits per heavy atom. The first-order valence-electron chi connectivity index (χ1n) is 6.67. The van der Waals surface area contributed by atoms with E-state index in [0.717, 1.165) is 12.1 Å². The first-order chi connectivity index (χ1) is 11.3. The lowest BCUT2D eigenvalue weighted by Crippen LogP contribution is -2.19. The summed E-state index contributed by atoms with van der Waals surface area (Å²) < 4.78 is 48.7. The molecule has 9 heteroatoms. The van der Waals surface area contributed by atoms with E-state index in [1.165, 1.54) is 6.07 Å². The fourth-order valence-electron chi connectivity index (χ4n) is 2.09. The smallest absolute Gasteiger partial charge is 0.417 e. The Labute approximate surface area is 139 Å². The summed E-state index contributed by atoms with van der Waals surface area (Å²) in [6.45, 7) is 0.0932. The summed E-state index contributed by atoms with van der Waals surface area (Å²) in [5.74, 6) is 1.02. The van der Waals surface area contributed by atoms with Crippen LogP contribution in [0.15, 0.2) is 36.4 Å². The van der Waals surface area contributed by atoms with Crippen molar-refractivity contribution in [1.29, 1.82) is 0 Å². The number of fused-ring (bicyclic) bond motifs is 1. The van der Waals surface area contributed by atoms with Crippen LogP contribution in [0.3, 0.4) is 0 Å². The molecule has 2 amide bonds. The van der Waals surface area contributed by atoms with Crippen molar-refractivity contribution in [3.8, 4) is 11.5 Å². The third-order valence-electron chi connectivity index (χ3n) is 3.16. The number of alkyl halides is 3. The summed E-state index contributed by atoms with van der Waals surface area (Å²) >= 11 is 5.53.